The van der Waals surface area contributed by atoms with Gasteiger partial charge in [-0.3, -0.25) is 9.59 Å². The molecule has 1 N–H and O–H groups in total. The first-order chi connectivity index (χ1) is 5.11. The highest BCUT2D eigenvalue weighted by Crippen LogP contribution is 2.15. The van der Waals surface area contributed by atoms with Crippen molar-refractivity contribution in [1.82, 2.24) is 5.32 Å². The van der Waals surface area contributed by atoms with Gasteiger partial charge in [-0.25, -0.2) is 0 Å². The third kappa shape index (κ3) is 1.67. The molecule has 0 atom stereocenters. The summed E-state index contributed by atoms with van der Waals surface area (Å²) in [7, 11) is 0. The summed E-state index contributed by atoms with van der Waals surface area (Å²) >= 11 is 0. The van der Waals surface area contributed by atoms with E-state index < -0.39 is 0 Å². The van der Waals surface area contributed by atoms with Gasteiger partial charge in [0.05, 0.1) is 0 Å². The molecule has 0 bridgehead atoms. The lowest BCUT2D eigenvalue weighted by Gasteiger charge is -2.15. The Balaban J connectivity index is 2.86. The maximum absolute atomic E-state index is 10.9. The second-order valence-electron chi connectivity index (χ2n) is 2.71. The number of carbonyl (C=O) groups is 2. The maximum atomic E-state index is 10.9. The Morgan fingerprint density at radius 2 is 2.09 bits per heavy atom. The van der Waals surface area contributed by atoms with Crippen LogP contribution < -0.4 is 5.32 Å². The molecule has 60 valence electrons. The molecule has 1 rings (SSSR count). The number of rotatable bonds is 1. The molecule has 1 heterocycles. The minimum absolute atomic E-state index is 0.00694. The van der Waals surface area contributed by atoms with Gasteiger partial charge in [0.25, 0.3) is 0 Å². The van der Waals surface area contributed by atoms with Crippen LogP contribution in [0.15, 0.2) is 11.3 Å². The first-order valence-electron chi connectivity index (χ1n) is 3.62. The summed E-state index contributed by atoms with van der Waals surface area (Å²) in [6, 6.07) is 0. The Labute approximate surface area is 65.5 Å². The minimum Gasteiger partial charge on any atom is -0.330 e. The molecule has 0 saturated heterocycles. The number of hydrogen-bond donors (Lipinski definition) is 1. The summed E-state index contributed by atoms with van der Waals surface area (Å²) in [5.41, 5.74) is 1.47. The topological polar surface area (TPSA) is 46.2 Å². The van der Waals surface area contributed by atoms with Crippen molar-refractivity contribution in [1.29, 1.82) is 0 Å². The number of nitrogens with one attached hydrogen (secondary N) is 1. The molecule has 0 aromatic carbocycles. The van der Waals surface area contributed by atoms with Crippen molar-refractivity contribution in [3.8, 4) is 0 Å². The van der Waals surface area contributed by atoms with Crippen molar-refractivity contribution in [2.75, 3.05) is 0 Å². The summed E-state index contributed by atoms with van der Waals surface area (Å²) in [4.78, 5) is 21.7. The fourth-order valence-electron chi connectivity index (χ4n) is 1.21. The molecule has 0 radical (unpaired) electrons. The number of allylic oxidation sites excluding steroid dienone is 2. The molecule has 1 amide bonds. The number of carbonyl (C=O) groups excluding carboxylic acids is 2. The summed E-state index contributed by atoms with van der Waals surface area (Å²) in [6.07, 6.45) is 1.03. The van der Waals surface area contributed by atoms with E-state index in [1.165, 1.54) is 6.92 Å². The average Bonchev–Trinajstić information content (AvgIpc) is 1.85. The van der Waals surface area contributed by atoms with Gasteiger partial charge in [-0.05, 0) is 20.3 Å². The van der Waals surface area contributed by atoms with Crippen LogP contribution in [0.25, 0.3) is 0 Å². The Kier molecular flexibility index (Phi) is 2.08. The molecule has 1 aliphatic rings. The van der Waals surface area contributed by atoms with Crippen LogP contribution >= 0.6 is 0 Å². The summed E-state index contributed by atoms with van der Waals surface area (Å²) in [6.45, 7) is 3.28. The lowest BCUT2D eigenvalue weighted by Crippen LogP contribution is -2.28. The molecule has 0 unspecified atom stereocenters. The maximum Gasteiger partial charge on any atom is 0.224 e. The normalized spacial score (nSPS) is 18.2. The number of amides is 1. The average molecular weight is 153 g/mol. The van der Waals surface area contributed by atoms with Gasteiger partial charge in [-0.15, -0.1) is 0 Å². The van der Waals surface area contributed by atoms with Crippen molar-refractivity contribution in [3.63, 3.8) is 0 Å². The molecule has 0 aromatic rings. The predicted octanol–water partition coefficient (Wildman–Crippen LogP) is 0.759. The van der Waals surface area contributed by atoms with Gasteiger partial charge in [0, 0.05) is 17.7 Å². The van der Waals surface area contributed by atoms with Crippen LogP contribution in [0.5, 0.6) is 0 Å². The van der Waals surface area contributed by atoms with Crippen LogP contribution in [0, 0.1) is 0 Å². The van der Waals surface area contributed by atoms with Crippen molar-refractivity contribution >= 4 is 11.7 Å². The van der Waals surface area contributed by atoms with Gasteiger partial charge in [0.1, 0.15) is 0 Å². The number of hydrogen-bond acceptors (Lipinski definition) is 2. The smallest absolute Gasteiger partial charge is 0.224 e. The fraction of sp³-hybridized carbons (Fsp3) is 0.500. The fourth-order valence-corrected chi connectivity index (χ4v) is 1.21. The van der Waals surface area contributed by atoms with Gasteiger partial charge in [-0.2, -0.15) is 0 Å². The molecule has 0 saturated carbocycles. The first kappa shape index (κ1) is 7.98. The molecule has 0 aliphatic carbocycles. The van der Waals surface area contributed by atoms with Crippen molar-refractivity contribution in [2.45, 2.75) is 26.7 Å². The van der Waals surface area contributed by atoms with E-state index in [0.29, 0.717) is 18.5 Å². The SMILES string of the molecule is CC(=O)C1=C(C)NC(=O)CC1. The number of ketones is 1. The molecule has 0 spiro atoms. The Bertz CT molecular complexity index is 240. The highest BCUT2D eigenvalue weighted by molar-refractivity contribution is 5.96. The summed E-state index contributed by atoms with van der Waals surface area (Å²) < 4.78 is 0. The summed E-state index contributed by atoms with van der Waals surface area (Å²) in [5.74, 6) is 0.0648. The Morgan fingerprint density at radius 3 is 2.55 bits per heavy atom. The minimum atomic E-state index is 0.00694. The largest absolute Gasteiger partial charge is 0.330 e. The van der Waals surface area contributed by atoms with Gasteiger partial charge in [-0.1, -0.05) is 0 Å². The second-order valence-corrected chi connectivity index (χ2v) is 2.71. The second kappa shape index (κ2) is 2.86. The van der Waals surface area contributed by atoms with E-state index in [1.54, 1.807) is 6.92 Å². The molecule has 11 heavy (non-hydrogen) atoms. The zero-order chi connectivity index (χ0) is 8.43. The monoisotopic (exact) mass is 153 g/mol. The van der Waals surface area contributed by atoms with E-state index in [0.717, 1.165) is 5.57 Å². The van der Waals surface area contributed by atoms with Crippen molar-refractivity contribution in [3.05, 3.63) is 11.3 Å². The van der Waals surface area contributed by atoms with Gasteiger partial charge >= 0.3 is 0 Å². The third-order valence-corrected chi connectivity index (χ3v) is 1.81. The van der Waals surface area contributed by atoms with E-state index in [2.05, 4.69) is 5.32 Å². The molecule has 3 heteroatoms. The van der Waals surface area contributed by atoms with Crippen LogP contribution in [-0.4, -0.2) is 11.7 Å². The zero-order valence-corrected chi connectivity index (χ0v) is 6.73. The molecular formula is C8H11NO2. The zero-order valence-electron chi connectivity index (χ0n) is 6.73. The van der Waals surface area contributed by atoms with Gasteiger partial charge < -0.3 is 5.32 Å². The highest BCUT2D eigenvalue weighted by atomic mass is 16.2. The van der Waals surface area contributed by atoms with E-state index in [9.17, 15) is 9.59 Å². The van der Waals surface area contributed by atoms with Crippen molar-refractivity contribution < 1.29 is 9.59 Å². The highest BCUT2D eigenvalue weighted by Gasteiger charge is 2.16. The summed E-state index contributed by atoms with van der Waals surface area (Å²) in [5, 5.41) is 2.63. The predicted molar refractivity (Wildman–Crippen MR) is 40.8 cm³/mol. The molecule has 3 nitrogen and oxygen atoms in total. The van der Waals surface area contributed by atoms with E-state index in [-0.39, 0.29) is 11.7 Å². The van der Waals surface area contributed by atoms with E-state index >= 15 is 0 Å². The van der Waals surface area contributed by atoms with Crippen LogP contribution in [0.3, 0.4) is 0 Å². The molecule has 0 fully saturated rings. The standard InChI is InChI=1S/C8H11NO2/c1-5-7(6(2)10)3-4-8(11)9-5/h3-4H2,1-2H3,(H,9,11). The Morgan fingerprint density at radius 1 is 1.45 bits per heavy atom. The van der Waals surface area contributed by atoms with E-state index in [1.807, 2.05) is 0 Å². The molecular weight excluding hydrogens is 142 g/mol. The third-order valence-electron chi connectivity index (χ3n) is 1.81. The molecule has 0 aromatic heterocycles. The first-order valence-corrected chi connectivity index (χ1v) is 3.62. The van der Waals surface area contributed by atoms with Crippen molar-refractivity contribution in [2.24, 2.45) is 0 Å². The molecule has 1 aliphatic heterocycles. The van der Waals surface area contributed by atoms with Crippen LogP contribution in [0.4, 0.5) is 0 Å². The lowest BCUT2D eigenvalue weighted by molar-refractivity contribution is -0.121. The Hall–Kier alpha value is -1.12. The number of Topliss-reactive ketones (excluding diaryl/α,β-unsaturated/α-hetero) is 1. The van der Waals surface area contributed by atoms with Crippen LogP contribution in [-0.2, 0) is 9.59 Å². The van der Waals surface area contributed by atoms with Crippen LogP contribution in [0.1, 0.15) is 26.7 Å². The lowest BCUT2D eigenvalue weighted by atomic mass is 10.0. The van der Waals surface area contributed by atoms with Gasteiger partial charge in [0.2, 0.25) is 5.91 Å². The quantitative estimate of drug-likeness (QED) is 0.604. The van der Waals surface area contributed by atoms with Gasteiger partial charge in [0.15, 0.2) is 5.78 Å². The van der Waals surface area contributed by atoms with E-state index in [4.69, 9.17) is 0 Å². The van der Waals surface area contributed by atoms with Crippen LogP contribution in [0.2, 0.25) is 0 Å².